The van der Waals surface area contributed by atoms with Gasteiger partial charge in [-0.15, -0.1) is 0 Å². The maximum absolute atomic E-state index is 5.67. The zero-order valence-electron chi connectivity index (χ0n) is 10.4. The summed E-state index contributed by atoms with van der Waals surface area (Å²) in [6.45, 7) is 2.55. The van der Waals surface area contributed by atoms with Crippen LogP contribution in [-0.2, 0) is 13.0 Å². The van der Waals surface area contributed by atoms with Crippen molar-refractivity contribution < 1.29 is 4.42 Å². The largest absolute Gasteiger partial charge is 0.464 e. The number of H-pyrrole nitrogens is 1. The molecule has 92 valence electrons. The summed E-state index contributed by atoms with van der Waals surface area (Å²) >= 11 is 0. The molecule has 3 nitrogen and oxygen atoms in total. The predicted octanol–water partition coefficient (Wildman–Crippen LogP) is 3.12. The number of hydrogen-bond donors (Lipinski definition) is 2. The Morgan fingerprint density at radius 2 is 1.89 bits per heavy atom. The lowest BCUT2D eigenvalue weighted by Gasteiger charge is -1.99. The van der Waals surface area contributed by atoms with Crippen molar-refractivity contribution in [3.05, 3.63) is 59.2 Å². The van der Waals surface area contributed by atoms with Gasteiger partial charge in [-0.2, -0.15) is 0 Å². The fraction of sp³-hybridized carbons (Fsp3) is 0.200. The fourth-order valence-electron chi connectivity index (χ4n) is 2.36. The summed E-state index contributed by atoms with van der Waals surface area (Å²) in [6, 6.07) is 12.3. The van der Waals surface area contributed by atoms with E-state index in [1.165, 1.54) is 22.2 Å². The number of hydrogen-bond acceptors (Lipinski definition) is 2. The van der Waals surface area contributed by atoms with E-state index in [4.69, 9.17) is 10.2 Å². The van der Waals surface area contributed by atoms with E-state index in [1.54, 1.807) is 0 Å². The molecule has 18 heavy (non-hydrogen) atoms. The minimum absolute atomic E-state index is 0.451. The quantitative estimate of drug-likeness (QED) is 0.739. The molecule has 0 aliphatic rings. The van der Waals surface area contributed by atoms with Gasteiger partial charge in [0.05, 0.1) is 6.54 Å². The van der Waals surface area contributed by atoms with E-state index in [1.807, 2.05) is 18.2 Å². The van der Waals surface area contributed by atoms with Gasteiger partial charge in [0.15, 0.2) is 0 Å². The van der Waals surface area contributed by atoms with Crippen molar-refractivity contribution in [1.82, 2.24) is 4.98 Å². The van der Waals surface area contributed by atoms with Gasteiger partial charge in [-0.25, -0.2) is 0 Å². The standard InChI is InChI=1S/C15H16N2O/c1-10-14(8-11-6-7-12(9-16)18-11)13-4-2-3-5-15(13)17-10/h2-7,17H,8-9,16H2,1H3. The number of aryl methyl sites for hydroxylation is 1. The Morgan fingerprint density at radius 1 is 1.11 bits per heavy atom. The normalized spacial score (nSPS) is 11.2. The molecule has 0 unspecified atom stereocenters. The summed E-state index contributed by atoms with van der Waals surface area (Å²) in [7, 11) is 0. The van der Waals surface area contributed by atoms with Crippen LogP contribution in [0.3, 0.4) is 0 Å². The Labute approximate surface area is 106 Å². The Kier molecular flexibility index (Phi) is 2.68. The number of benzene rings is 1. The van der Waals surface area contributed by atoms with Gasteiger partial charge < -0.3 is 15.1 Å². The number of rotatable bonds is 3. The lowest BCUT2D eigenvalue weighted by Crippen LogP contribution is -1.93. The van der Waals surface area contributed by atoms with Gasteiger partial charge in [0, 0.05) is 23.0 Å². The number of nitrogens with two attached hydrogens (primary N) is 1. The van der Waals surface area contributed by atoms with Gasteiger partial charge >= 0.3 is 0 Å². The van der Waals surface area contributed by atoms with Crippen LogP contribution in [-0.4, -0.2) is 4.98 Å². The zero-order valence-corrected chi connectivity index (χ0v) is 10.4. The summed E-state index contributed by atoms with van der Waals surface area (Å²) in [4.78, 5) is 3.40. The van der Waals surface area contributed by atoms with Crippen molar-refractivity contribution in [2.24, 2.45) is 5.73 Å². The van der Waals surface area contributed by atoms with E-state index in [0.29, 0.717) is 6.54 Å². The van der Waals surface area contributed by atoms with Gasteiger partial charge in [0.1, 0.15) is 11.5 Å². The van der Waals surface area contributed by atoms with Gasteiger partial charge in [-0.1, -0.05) is 18.2 Å². The fourth-order valence-corrected chi connectivity index (χ4v) is 2.36. The molecule has 0 saturated carbocycles. The number of fused-ring (bicyclic) bond motifs is 1. The van der Waals surface area contributed by atoms with Gasteiger partial charge in [-0.3, -0.25) is 0 Å². The minimum atomic E-state index is 0.451. The SMILES string of the molecule is Cc1[nH]c2ccccc2c1Cc1ccc(CN)o1. The van der Waals surface area contributed by atoms with E-state index < -0.39 is 0 Å². The Hall–Kier alpha value is -2.00. The van der Waals surface area contributed by atoms with Crippen molar-refractivity contribution in [3.8, 4) is 0 Å². The van der Waals surface area contributed by atoms with Crippen LogP contribution in [0.5, 0.6) is 0 Å². The summed E-state index contributed by atoms with van der Waals surface area (Å²) in [5.74, 6) is 1.80. The third kappa shape index (κ3) is 1.83. The highest BCUT2D eigenvalue weighted by molar-refractivity contribution is 5.84. The predicted molar refractivity (Wildman–Crippen MR) is 72.4 cm³/mol. The molecule has 3 rings (SSSR count). The molecule has 0 aliphatic carbocycles. The second-order valence-electron chi connectivity index (χ2n) is 4.52. The highest BCUT2D eigenvalue weighted by Crippen LogP contribution is 2.25. The second kappa shape index (κ2) is 4.35. The van der Waals surface area contributed by atoms with E-state index in [-0.39, 0.29) is 0 Å². The molecule has 3 aromatic rings. The number of nitrogens with one attached hydrogen (secondary N) is 1. The van der Waals surface area contributed by atoms with Crippen LogP contribution in [0.2, 0.25) is 0 Å². The molecule has 0 saturated heterocycles. The monoisotopic (exact) mass is 240 g/mol. The molecule has 0 radical (unpaired) electrons. The third-order valence-corrected chi connectivity index (χ3v) is 3.30. The maximum atomic E-state index is 5.67. The van der Waals surface area contributed by atoms with Crippen LogP contribution < -0.4 is 5.73 Å². The molecule has 0 fully saturated rings. The van der Waals surface area contributed by atoms with Crippen molar-refractivity contribution in [2.45, 2.75) is 19.9 Å². The number of aromatic nitrogens is 1. The van der Waals surface area contributed by atoms with E-state index in [2.05, 4.69) is 30.1 Å². The average molecular weight is 240 g/mol. The molecule has 2 aromatic heterocycles. The first kappa shape index (κ1) is 11.1. The molecule has 0 bridgehead atoms. The van der Waals surface area contributed by atoms with Gasteiger partial charge in [-0.05, 0) is 30.7 Å². The van der Waals surface area contributed by atoms with Crippen molar-refractivity contribution in [2.75, 3.05) is 0 Å². The first-order chi connectivity index (χ1) is 8.78. The zero-order chi connectivity index (χ0) is 12.5. The van der Waals surface area contributed by atoms with Crippen LogP contribution in [0.4, 0.5) is 0 Å². The number of furan rings is 1. The lowest BCUT2D eigenvalue weighted by molar-refractivity contribution is 0.475. The molecule has 2 heterocycles. The van der Waals surface area contributed by atoms with Crippen LogP contribution >= 0.6 is 0 Å². The van der Waals surface area contributed by atoms with Crippen molar-refractivity contribution in [3.63, 3.8) is 0 Å². The van der Waals surface area contributed by atoms with Crippen LogP contribution in [0.15, 0.2) is 40.8 Å². The van der Waals surface area contributed by atoms with Gasteiger partial charge in [0.2, 0.25) is 0 Å². The summed E-state index contributed by atoms with van der Waals surface area (Å²) in [5.41, 5.74) is 9.22. The van der Waals surface area contributed by atoms with Crippen LogP contribution in [0.1, 0.15) is 22.8 Å². The molecular weight excluding hydrogens is 224 g/mol. The highest BCUT2D eigenvalue weighted by Gasteiger charge is 2.10. The molecule has 0 spiro atoms. The summed E-state index contributed by atoms with van der Waals surface area (Å²) in [6.07, 6.45) is 0.801. The van der Waals surface area contributed by atoms with Crippen molar-refractivity contribution >= 4 is 10.9 Å². The maximum Gasteiger partial charge on any atom is 0.117 e. The first-order valence-electron chi connectivity index (χ1n) is 6.12. The third-order valence-electron chi connectivity index (χ3n) is 3.30. The average Bonchev–Trinajstić information content (AvgIpc) is 2.96. The van der Waals surface area contributed by atoms with E-state index in [0.717, 1.165) is 17.9 Å². The topological polar surface area (TPSA) is 55.0 Å². The Balaban J connectivity index is 2.01. The molecular formula is C15H16N2O. The summed E-state index contributed by atoms with van der Waals surface area (Å²) < 4.78 is 5.67. The summed E-state index contributed by atoms with van der Waals surface area (Å²) in [5, 5.41) is 1.26. The van der Waals surface area contributed by atoms with E-state index in [9.17, 15) is 0 Å². The molecule has 3 heteroatoms. The molecule has 0 amide bonds. The highest BCUT2D eigenvalue weighted by atomic mass is 16.3. The molecule has 0 atom stereocenters. The Morgan fingerprint density at radius 3 is 2.67 bits per heavy atom. The number of aromatic amines is 1. The molecule has 1 aromatic carbocycles. The lowest BCUT2D eigenvalue weighted by atomic mass is 10.1. The second-order valence-corrected chi connectivity index (χ2v) is 4.52. The molecule has 3 N–H and O–H groups in total. The number of para-hydroxylation sites is 1. The first-order valence-corrected chi connectivity index (χ1v) is 6.12. The molecule has 0 aliphatic heterocycles. The van der Waals surface area contributed by atoms with Crippen LogP contribution in [0.25, 0.3) is 10.9 Å². The van der Waals surface area contributed by atoms with Crippen LogP contribution in [0, 0.1) is 6.92 Å². The van der Waals surface area contributed by atoms with Gasteiger partial charge in [0.25, 0.3) is 0 Å². The Bertz CT molecular complexity index is 679. The smallest absolute Gasteiger partial charge is 0.117 e. The minimum Gasteiger partial charge on any atom is -0.464 e. The van der Waals surface area contributed by atoms with E-state index >= 15 is 0 Å². The van der Waals surface area contributed by atoms with Crippen molar-refractivity contribution in [1.29, 1.82) is 0 Å².